The molecular formula is C17H16OS. The SMILES string of the molecule is Cc1ccc2c(c1)SC(=O)C(c1ccccc1C)C2. The molecule has 1 aliphatic rings. The largest absolute Gasteiger partial charge is 0.286 e. The zero-order chi connectivity index (χ0) is 13.4. The van der Waals surface area contributed by atoms with E-state index in [2.05, 4.69) is 44.2 Å². The van der Waals surface area contributed by atoms with Crippen LogP contribution in [0.4, 0.5) is 0 Å². The number of aryl methyl sites for hydroxylation is 2. The minimum Gasteiger partial charge on any atom is -0.286 e. The lowest BCUT2D eigenvalue weighted by molar-refractivity contribution is -0.112. The third-order valence-electron chi connectivity index (χ3n) is 3.71. The molecule has 0 bridgehead atoms. The number of benzene rings is 2. The average Bonchev–Trinajstić information content (AvgIpc) is 2.39. The van der Waals surface area contributed by atoms with Crippen LogP contribution in [0.3, 0.4) is 0 Å². The molecule has 0 spiro atoms. The van der Waals surface area contributed by atoms with Gasteiger partial charge in [0.2, 0.25) is 5.12 Å². The highest BCUT2D eigenvalue weighted by Gasteiger charge is 2.29. The van der Waals surface area contributed by atoms with Gasteiger partial charge in [0.15, 0.2) is 0 Å². The number of thioether (sulfide) groups is 1. The quantitative estimate of drug-likeness (QED) is 0.768. The van der Waals surface area contributed by atoms with E-state index in [4.69, 9.17) is 0 Å². The van der Waals surface area contributed by atoms with Crippen LogP contribution in [0.15, 0.2) is 47.4 Å². The zero-order valence-corrected chi connectivity index (χ0v) is 12.0. The molecular weight excluding hydrogens is 252 g/mol. The highest BCUT2D eigenvalue weighted by molar-refractivity contribution is 8.13. The molecule has 1 nitrogen and oxygen atoms in total. The lowest BCUT2D eigenvalue weighted by Crippen LogP contribution is -2.18. The second-order valence-corrected chi connectivity index (χ2v) is 6.19. The van der Waals surface area contributed by atoms with Crippen molar-refractivity contribution in [1.29, 1.82) is 0 Å². The maximum absolute atomic E-state index is 12.4. The van der Waals surface area contributed by atoms with Gasteiger partial charge in [-0.05, 0) is 48.6 Å². The predicted octanol–water partition coefficient (Wildman–Crippen LogP) is 4.26. The summed E-state index contributed by atoms with van der Waals surface area (Å²) in [6.45, 7) is 4.15. The molecule has 1 heterocycles. The molecule has 0 amide bonds. The third-order valence-corrected chi connectivity index (χ3v) is 4.79. The van der Waals surface area contributed by atoms with Gasteiger partial charge in [0.25, 0.3) is 0 Å². The van der Waals surface area contributed by atoms with Crippen LogP contribution in [0, 0.1) is 13.8 Å². The van der Waals surface area contributed by atoms with Crippen LogP contribution in [0.5, 0.6) is 0 Å². The minimum atomic E-state index is 0.00130. The van der Waals surface area contributed by atoms with Crippen LogP contribution in [-0.2, 0) is 11.2 Å². The van der Waals surface area contributed by atoms with Crippen molar-refractivity contribution in [2.24, 2.45) is 0 Å². The van der Waals surface area contributed by atoms with Gasteiger partial charge in [-0.15, -0.1) is 0 Å². The molecule has 1 atom stereocenters. The van der Waals surface area contributed by atoms with Gasteiger partial charge in [0.1, 0.15) is 0 Å². The molecule has 0 saturated heterocycles. The van der Waals surface area contributed by atoms with E-state index in [1.165, 1.54) is 34.0 Å². The maximum Gasteiger partial charge on any atom is 0.201 e. The lowest BCUT2D eigenvalue weighted by atomic mass is 9.89. The van der Waals surface area contributed by atoms with Crippen molar-refractivity contribution in [2.75, 3.05) is 0 Å². The zero-order valence-electron chi connectivity index (χ0n) is 11.1. The summed E-state index contributed by atoms with van der Waals surface area (Å²) in [5, 5.41) is 0.271. The number of carbonyl (C=O) groups is 1. The van der Waals surface area contributed by atoms with Crippen LogP contribution >= 0.6 is 11.8 Å². The molecule has 3 rings (SSSR count). The Morgan fingerprint density at radius 1 is 1.11 bits per heavy atom. The summed E-state index contributed by atoms with van der Waals surface area (Å²) in [4.78, 5) is 13.5. The van der Waals surface area contributed by atoms with E-state index < -0.39 is 0 Å². The van der Waals surface area contributed by atoms with Crippen LogP contribution in [0.25, 0.3) is 0 Å². The fourth-order valence-electron chi connectivity index (χ4n) is 2.62. The van der Waals surface area contributed by atoms with Gasteiger partial charge in [-0.1, -0.05) is 48.2 Å². The Morgan fingerprint density at radius 2 is 1.89 bits per heavy atom. The third kappa shape index (κ3) is 2.33. The molecule has 2 aromatic carbocycles. The first-order valence-electron chi connectivity index (χ1n) is 6.52. The normalized spacial score (nSPS) is 18.2. The van der Waals surface area contributed by atoms with Crippen molar-refractivity contribution in [2.45, 2.75) is 31.1 Å². The monoisotopic (exact) mass is 268 g/mol. The fourth-order valence-corrected chi connectivity index (χ4v) is 3.72. The van der Waals surface area contributed by atoms with Gasteiger partial charge < -0.3 is 0 Å². The fraction of sp³-hybridized carbons (Fsp3) is 0.235. The Bertz CT molecular complexity index is 645. The highest BCUT2D eigenvalue weighted by Crippen LogP contribution is 2.40. The Morgan fingerprint density at radius 3 is 2.68 bits per heavy atom. The minimum absolute atomic E-state index is 0.00130. The summed E-state index contributed by atoms with van der Waals surface area (Å²) in [6, 6.07) is 14.6. The Kier molecular flexibility index (Phi) is 3.19. The van der Waals surface area contributed by atoms with Crippen molar-refractivity contribution >= 4 is 16.9 Å². The molecule has 2 aromatic rings. The molecule has 19 heavy (non-hydrogen) atoms. The number of hydrogen-bond acceptors (Lipinski definition) is 2. The second-order valence-electron chi connectivity index (χ2n) is 5.15. The Balaban J connectivity index is 2.01. The molecule has 0 radical (unpaired) electrons. The Labute approximate surface area is 118 Å². The van der Waals surface area contributed by atoms with E-state index in [1.54, 1.807) is 0 Å². The van der Waals surface area contributed by atoms with Crippen LogP contribution in [0.2, 0.25) is 0 Å². The van der Waals surface area contributed by atoms with Crippen LogP contribution in [0.1, 0.15) is 28.2 Å². The molecule has 1 unspecified atom stereocenters. The highest BCUT2D eigenvalue weighted by atomic mass is 32.2. The van der Waals surface area contributed by atoms with Crippen molar-refractivity contribution in [1.82, 2.24) is 0 Å². The van der Waals surface area contributed by atoms with Gasteiger partial charge in [0.05, 0.1) is 5.92 Å². The first-order chi connectivity index (χ1) is 9.15. The van der Waals surface area contributed by atoms with Crippen LogP contribution in [-0.4, -0.2) is 5.12 Å². The summed E-state index contributed by atoms with van der Waals surface area (Å²) < 4.78 is 0. The standard InChI is InChI=1S/C17H16OS/c1-11-7-8-13-10-15(17(18)19-16(13)9-11)14-6-4-3-5-12(14)2/h3-9,15H,10H2,1-2H3. The molecule has 0 aromatic heterocycles. The summed E-state index contributed by atoms with van der Waals surface area (Å²) in [7, 11) is 0. The molecule has 2 heteroatoms. The van der Waals surface area contributed by atoms with E-state index >= 15 is 0 Å². The van der Waals surface area contributed by atoms with E-state index in [-0.39, 0.29) is 11.0 Å². The van der Waals surface area contributed by atoms with Gasteiger partial charge in [-0.3, -0.25) is 4.79 Å². The average molecular weight is 268 g/mol. The van der Waals surface area contributed by atoms with Gasteiger partial charge in [0, 0.05) is 4.90 Å². The van der Waals surface area contributed by atoms with E-state index in [1.807, 2.05) is 12.1 Å². The van der Waals surface area contributed by atoms with Gasteiger partial charge >= 0.3 is 0 Å². The number of hydrogen-bond donors (Lipinski definition) is 0. The summed E-state index contributed by atoms with van der Waals surface area (Å²) in [5.74, 6) is 0.00130. The predicted molar refractivity (Wildman–Crippen MR) is 79.7 cm³/mol. The summed E-state index contributed by atoms with van der Waals surface area (Å²) in [5.41, 5.74) is 4.89. The van der Waals surface area contributed by atoms with Crippen molar-refractivity contribution in [3.05, 3.63) is 64.7 Å². The molecule has 0 aliphatic carbocycles. The van der Waals surface area contributed by atoms with E-state index in [0.717, 1.165) is 11.3 Å². The van der Waals surface area contributed by atoms with Crippen LogP contribution < -0.4 is 0 Å². The summed E-state index contributed by atoms with van der Waals surface area (Å²) in [6.07, 6.45) is 0.826. The Hall–Kier alpha value is -1.54. The summed E-state index contributed by atoms with van der Waals surface area (Å²) >= 11 is 1.40. The molecule has 0 N–H and O–H groups in total. The first kappa shape index (κ1) is 12.5. The molecule has 96 valence electrons. The smallest absolute Gasteiger partial charge is 0.201 e. The molecule has 1 aliphatic heterocycles. The van der Waals surface area contributed by atoms with Crippen molar-refractivity contribution in [3.8, 4) is 0 Å². The van der Waals surface area contributed by atoms with E-state index in [0.29, 0.717) is 0 Å². The van der Waals surface area contributed by atoms with Gasteiger partial charge in [-0.2, -0.15) is 0 Å². The number of fused-ring (bicyclic) bond motifs is 1. The maximum atomic E-state index is 12.4. The second kappa shape index (κ2) is 4.86. The molecule has 0 saturated carbocycles. The van der Waals surface area contributed by atoms with Crippen molar-refractivity contribution < 1.29 is 4.79 Å². The van der Waals surface area contributed by atoms with Crippen molar-refractivity contribution in [3.63, 3.8) is 0 Å². The molecule has 0 fully saturated rings. The number of carbonyl (C=O) groups excluding carboxylic acids is 1. The van der Waals surface area contributed by atoms with Gasteiger partial charge in [-0.25, -0.2) is 0 Å². The lowest BCUT2D eigenvalue weighted by Gasteiger charge is -2.24. The first-order valence-corrected chi connectivity index (χ1v) is 7.33. The topological polar surface area (TPSA) is 17.1 Å². The van der Waals surface area contributed by atoms with E-state index in [9.17, 15) is 4.79 Å². The number of rotatable bonds is 1.